The highest BCUT2D eigenvalue weighted by Gasteiger charge is 2.11. The minimum Gasteiger partial charge on any atom is -0.352 e. The van der Waals surface area contributed by atoms with Gasteiger partial charge in [-0.1, -0.05) is 24.3 Å². The van der Waals surface area contributed by atoms with Crippen LogP contribution < -0.4 is 5.32 Å². The Morgan fingerprint density at radius 3 is 2.80 bits per heavy atom. The van der Waals surface area contributed by atoms with Crippen LogP contribution in [0.25, 0.3) is 0 Å². The van der Waals surface area contributed by atoms with Crippen molar-refractivity contribution in [3.8, 4) is 0 Å². The van der Waals surface area contributed by atoms with Gasteiger partial charge in [0.25, 0.3) is 0 Å². The first-order chi connectivity index (χ1) is 9.78. The molecule has 1 fully saturated rings. The van der Waals surface area contributed by atoms with Gasteiger partial charge in [0, 0.05) is 25.3 Å². The summed E-state index contributed by atoms with van der Waals surface area (Å²) in [6.07, 6.45) is 5.28. The smallest absolute Gasteiger partial charge is 0.221 e. The van der Waals surface area contributed by atoms with E-state index in [9.17, 15) is 4.79 Å². The Balaban J connectivity index is 1.81. The molecule has 0 aromatic heterocycles. The second-order valence-corrected chi connectivity index (χ2v) is 6.31. The molecule has 3 nitrogen and oxygen atoms in total. The number of likely N-dealkylation sites (tertiary alicyclic amines) is 1. The van der Waals surface area contributed by atoms with E-state index in [1.165, 1.54) is 37.1 Å². The van der Waals surface area contributed by atoms with E-state index >= 15 is 0 Å². The lowest BCUT2D eigenvalue weighted by molar-refractivity contribution is -0.120. The van der Waals surface area contributed by atoms with Crippen molar-refractivity contribution < 1.29 is 4.79 Å². The van der Waals surface area contributed by atoms with Crippen molar-refractivity contribution in [1.82, 2.24) is 10.2 Å². The SMILES string of the molecule is CSCCC(=O)NCc1cccc(CN2CCCC2)c1. The van der Waals surface area contributed by atoms with E-state index < -0.39 is 0 Å². The molecule has 4 heteroatoms. The zero-order valence-electron chi connectivity index (χ0n) is 12.2. The lowest BCUT2D eigenvalue weighted by Gasteiger charge is -2.15. The van der Waals surface area contributed by atoms with Crippen LogP contribution in [-0.4, -0.2) is 35.9 Å². The maximum Gasteiger partial charge on any atom is 0.221 e. The maximum atomic E-state index is 11.6. The second kappa shape index (κ2) is 8.32. The van der Waals surface area contributed by atoms with Crippen molar-refractivity contribution in [2.75, 3.05) is 25.1 Å². The molecule has 1 aliphatic heterocycles. The molecule has 110 valence electrons. The van der Waals surface area contributed by atoms with Crippen LogP contribution in [0.4, 0.5) is 0 Å². The molecule has 0 spiro atoms. The van der Waals surface area contributed by atoms with Crippen LogP contribution in [0.1, 0.15) is 30.4 Å². The number of hydrogen-bond donors (Lipinski definition) is 1. The second-order valence-electron chi connectivity index (χ2n) is 5.32. The standard InChI is InChI=1S/C16H24N2OS/c1-20-10-7-16(19)17-12-14-5-4-6-15(11-14)13-18-8-2-3-9-18/h4-6,11H,2-3,7-10,12-13H2,1H3,(H,17,19). The van der Waals surface area contributed by atoms with Gasteiger partial charge < -0.3 is 5.32 Å². The Morgan fingerprint density at radius 1 is 1.30 bits per heavy atom. The van der Waals surface area contributed by atoms with Gasteiger partial charge in [-0.3, -0.25) is 9.69 Å². The Bertz CT molecular complexity index is 430. The van der Waals surface area contributed by atoms with Crippen LogP contribution in [0.5, 0.6) is 0 Å². The van der Waals surface area contributed by atoms with Crippen molar-refractivity contribution in [1.29, 1.82) is 0 Å². The molecule has 1 N–H and O–H groups in total. The van der Waals surface area contributed by atoms with E-state index in [1.807, 2.05) is 6.26 Å². The Labute approximate surface area is 126 Å². The van der Waals surface area contributed by atoms with E-state index in [0.29, 0.717) is 13.0 Å². The molecule has 1 saturated heterocycles. The summed E-state index contributed by atoms with van der Waals surface area (Å²) in [6.45, 7) is 4.11. The Hall–Kier alpha value is -1.00. The molecule has 0 atom stereocenters. The first-order valence-corrected chi connectivity index (χ1v) is 8.73. The maximum absolute atomic E-state index is 11.6. The molecule has 0 radical (unpaired) electrons. The van der Waals surface area contributed by atoms with Crippen LogP contribution in [0.3, 0.4) is 0 Å². The zero-order chi connectivity index (χ0) is 14.2. The van der Waals surface area contributed by atoms with Crippen molar-refractivity contribution in [3.63, 3.8) is 0 Å². The van der Waals surface area contributed by atoms with Crippen LogP contribution >= 0.6 is 11.8 Å². The lowest BCUT2D eigenvalue weighted by Crippen LogP contribution is -2.23. The Kier molecular flexibility index (Phi) is 6.40. The van der Waals surface area contributed by atoms with Crippen LogP contribution in [0.15, 0.2) is 24.3 Å². The molecule has 1 heterocycles. The van der Waals surface area contributed by atoms with E-state index in [2.05, 4.69) is 34.5 Å². The minimum atomic E-state index is 0.143. The van der Waals surface area contributed by atoms with Crippen LogP contribution in [0.2, 0.25) is 0 Å². The number of carbonyl (C=O) groups excluding carboxylic acids is 1. The van der Waals surface area contributed by atoms with Gasteiger partial charge in [0.15, 0.2) is 0 Å². The summed E-state index contributed by atoms with van der Waals surface area (Å²) in [6, 6.07) is 8.57. The number of hydrogen-bond acceptors (Lipinski definition) is 3. The first-order valence-electron chi connectivity index (χ1n) is 7.34. The average molecular weight is 292 g/mol. The topological polar surface area (TPSA) is 32.3 Å². The summed E-state index contributed by atoms with van der Waals surface area (Å²) in [5.41, 5.74) is 2.54. The third-order valence-corrected chi connectivity index (χ3v) is 4.23. The predicted octanol–water partition coefficient (Wildman–Crippen LogP) is 2.65. The highest BCUT2D eigenvalue weighted by molar-refractivity contribution is 7.98. The van der Waals surface area contributed by atoms with E-state index in [4.69, 9.17) is 0 Å². The van der Waals surface area contributed by atoms with Gasteiger partial charge >= 0.3 is 0 Å². The largest absolute Gasteiger partial charge is 0.352 e. The predicted molar refractivity (Wildman–Crippen MR) is 85.8 cm³/mol. The van der Waals surface area contributed by atoms with Gasteiger partial charge in [0.2, 0.25) is 5.91 Å². The number of thioether (sulfide) groups is 1. The summed E-state index contributed by atoms with van der Waals surface area (Å²) < 4.78 is 0. The summed E-state index contributed by atoms with van der Waals surface area (Å²) >= 11 is 1.71. The summed E-state index contributed by atoms with van der Waals surface area (Å²) in [5, 5.41) is 2.99. The quantitative estimate of drug-likeness (QED) is 0.838. The number of nitrogens with zero attached hydrogens (tertiary/aromatic N) is 1. The fraction of sp³-hybridized carbons (Fsp3) is 0.562. The number of amides is 1. The van der Waals surface area contributed by atoms with Crippen LogP contribution in [-0.2, 0) is 17.9 Å². The molecule has 1 aromatic rings. The molecule has 0 unspecified atom stereocenters. The third kappa shape index (κ3) is 5.17. The molecule has 0 saturated carbocycles. The number of nitrogens with one attached hydrogen (secondary N) is 1. The summed E-state index contributed by atoms with van der Waals surface area (Å²) in [7, 11) is 0. The molecule has 1 aromatic carbocycles. The number of benzene rings is 1. The molecule has 20 heavy (non-hydrogen) atoms. The first kappa shape index (κ1) is 15.4. The molecule has 1 amide bonds. The van der Waals surface area contributed by atoms with Gasteiger partial charge in [0.1, 0.15) is 0 Å². The van der Waals surface area contributed by atoms with E-state index in [-0.39, 0.29) is 5.91 Å². The van der Waals surface area contributed by atoms with Crippen LogP contribution in [0, 0.1) is 0 Å². The van der Waals surface area contributed by atoms with Crippen molar-refractivity contribution >= 4 is 17.7 Å². The van der Waals surface area contributed by atoms with Gasteiger partial charge in [-0.05, 0) is 43.3 Å². The highest BCUT2D eigenvalue weighted by atomic mass is 32.2. The third-order valence-electron chi connectivity index (χ3n) is 3.62. The monoisotopic (exact) mass is 292 g/mol. The minimum absolute atomic E-state index is 0.143. The molecule has 2 rings (SSSR count). The lowest BCUT2D eigenvalue weighted by atomic mass is 10.1. The molecular formula is C16H24N2OS. The van der Waals surface area contributed by atoms with Crippen molar-refractivity contribution in [3.05, 3.63) is 35.4 Å². The fourth-order valence-electron chi connectivity index (χ4n) is 2.52. The van der Waals surface area contributed by atoms with E-state index in [1.54, 1.807) is 11.8 Å². The summed E-state index contributed by atoms with van der Waals surface area (Å²) in [4.78, 5) is 14.1. The van der Waals surface area contributed by atoms with Crippen molar-refractivity contribution in [2.24, 2.45) is 0 Å². The van der Waals surface area contributed by atoms with Gasteiger partial charge in [-0.15, -0.1) is 0 Å². The molecule has 0 bridgehead atoms. The normalized spacial score (nSPS) is 15.4. The highest BCUT2D eigenvalue weighted by Crippen LogP contribution is 2.13. The van der Waals surface area contributed by atoms with Crippen molar-refractivity contribution in [2.45, 2.75) is 32.4 Å². The van der Waals surface area contributed by atoms with E-state index in [0.717, 1.165) is 12.3 Å². The van der Waals surface area contributed by atoms with Gasteiger partial charge in [-0.25, -0.2) is 0 Å². The fourth-order valence-corrected chi connectivity index (χ4v) is 2.91. The molecule has 0 aliphatic carbocycles. The van der Waals surface area contributed by atoms with Gasteiger partial charge in [-0.2, -0.15) is 11.8 Å². The molecular weight excluding hydrogens is 268 g/mol. The molecule has 1 aliphatic rings. The van der Waals surface area contributed by atoms with Gasteiger partial charge in [0.05, 0.1) is 0 Å². The Morgan fingerprint density at radius 2 is 2.05 bits per heavy atom. The zero-order valence-corrected chi connectivity index (χ0v) is 13.0. The average Bonchev–Trinajstić information content (AvgIpc) is 2.96. The summed E-state index contributed by atoms with van der Waals surface area (Å²) in [5.74, 6) is 1.03. The number of carbonyl (C=O) groups is 1. The number of rotatable bonds is 7.